The van der Waals surface area contributed by atoms with Crippen LogP contribution in [0.4, 0.5) is 17.5 Å². The lowest BCUT2D eigenvalue weighted by Gasteiger charge is -2.28. The van der Waals surface area contributed by atoms with Gasteiger partial charge >= 0.3 is 0 Å². The van der Waals surface area contributed by atoms with Crippen molar-refractivity contribution in [2.75, 3.05) is 23.7 Å². The second-order valence-corrected chi connectivity index (χ2v) is 12.3. The van der Waals surface area contributed by atoms with Crippen molar-refractivity contribution in [2.24, 2.45) is 11.8 Å². The molecule has 1 saturated carbocycles. The van der Waals surface area contributed by atoms with Crippen molar-refractivity contribution in [3.05, 3.63) is 82.8 Å². The summed E-state index contributed by atoms with van der Waals surface area (Å²) in [6.07, 6.45) is 3.91. The highest BCUT2D eigenvalue weighted by atomic mass is 35.5. The van der Waals surface area contributed by atoms with Crippen LogP contribution in [-0.2, 0) is 10.0 Å². The lowest BCUT2D eigenvalue weighted by molar-refractivity contribution is 0.284. The first kappa shape index (κ1) is 26.7. The van der Waals surface area contributed by atoms with Crippen LogP contribution in [0.25, 0.3) is 10.9 Å². The van der Waals surface area contributed by atoms with Gasteiger partial charge in [0, 0.05) is 34.2 Å². The van der Waals surface area contributed by atoms with Crippen LogP contribution in [0.15, 0.2) is 77.7 Å². The molecule has 4 aromatic rings. The van der Waals surface area contributed by atoms with Crippen molar-refractivity contribution in [2.45, 2.75) is 30.6 Å². The second kappa shape index (κ2) is 11.9. The molecule has 1 fully saturated rings. The van der Waals surface area contributed by atoms with E-state index in [1.165, 1.54) is 18.2 Å². The molecule has 1 aliphatic carbocycles. The number of halogens is 2. The summed E-state index contributed by atoms with van der Waals surface area (Å²) >= 11 is 11.9. The van der Waals surface area contributed by atoms with Crippen molar-refractivity contribution in [3.63, 3.8) is 0 Å². The van der Waals surface area contributed by atoms with E-state index < -0.39 is 10.0 Å². The van der Waals surface area contributed by atoms with Crippen LogP contribution in [0, 0.1) is 11.8 Å². The number of rotatable bonds is 9. The molecule has 10 heteroatoms. The number of sulfonamides is 1. The van der Waals surface area contributed by atoms with E-state index in [0.29, 0.717) is 28.5 Å². The van der Waals surface area contributed by atoms with Crippen molar-refractivity contribution < 1.29 is 8.42 Å². The molecule has 3 aromatic carbocycles. The molecule has 0 radical (unpaired) electrons. The van der Waals surface area contributed by atoms with Crippen molar-refractivity contribution >= 4 is 61.6 Å². The molecule has 38 heavy (non-hydrogen) atoms. The molecule has 3 N–H and O–H groups in total. The predicted octanol–water partition coefficient (Wildman–Crippen LogP) is 6.88. The summed E-state index contributed by atoms with van der Waals surface area (Å²) < 4.78 is 28.1. The van der Waals surface area contributed by atoms with E-state index in [1.54, 1.807) is 0 Å². The zero-order valence-electron chi connectivity index (χ0n) is 20.7. The summed E-state index contributed by atoms with van der Waals surface area (Å²) in [5, 5.41) is 8.40. The predicted molar refractivity (Wildman–Crippen MR) is 155 cm³/mol. The van der Waals surface area contributed by atoms with E-state index in [-0.39, 0.29) is 10.8 Å². The van der Waals surface area contributed by atoms with Gasteiger partial charge in [0.25, 0.3) is 0 Å². The molecule has 0 saturated heterocycles. The molecule has 7 nitrogen and oxygen atoms in total. The highest BCUT2D eigenvalue weighted by Crippen LogP contribution is 2.30. The Hall–Kier alpha value is -2.91. The number of hydrogen-bond donors (Lipinski definition) is 3. The molecular weight excluding hydrogens is 541 g/mol. The van der Waals surface area contributed by atoms with E-state index in [2.05, 4.69) is 15.4 Å². The minimum absolute atomic E-state index is 0.0874. The Kier molecular flexibility index (Phi) is 8.33. The lowest BCUT2D eigenvalue weighted by Crippen LogP contribution is -2.32. The SMILES string of the molecule is O=S(=O)(NCC1CCC(CNc2nc(Nc3ccccc3)c3ccccc3n2)CC1)c1cc(Cl)cc(Cl)c1. The molecule has 0 unspecified atom stereocenters. The standard InChI is InChI=1S/C28H29Cl2N5O2S/c29-21-14-22(30)16-24(15-21)38(36,37)32-18-20-12-10-19(11-13-20)17-31-28-34-26-9-5-4-8-25(26)27(35-28)33-23-6-2-1-3-7-23/h1-9,14-16,19-20,32H,10-13,17-18H2,(H2,31,33,34,35). The maximum Gasteiger partial charge on any atom is 0.240 e. The van der Waals surface area contributed by atoms with Crippen molar-refractivity contribution in [3.8, 4) is 0 Å². The number of anilines is 3. The molecule has 0 atom stereocenters. The maximum absolute atomic E-state index is 12.7. The molecule has 198 valence electrons. The number of aromatic nitrogens is 2. The largest absolute Gasteiger partial charge is 0.354 e. The molecule has 0 aliphatic heterocycles. The highest BCUT2D eigenvalue weighted by Gasteiger charge is 2.24. The van der Waals surface area contributed by atoms with Gasteiger partial charge in [-0.15, -0.1) is 0 Å². The van der Waals surface area contributed by atoms with E-state index in [0.717, 1.165) is 54.6 Å². The molecule has 1 aromatic heterocycles. The van der Waals surface area contributed by atoms with Crippen LogP contribution in [-0.4, -0.2) is 31.5 Å². The topological polar surface area (TPSA) is 96.0 Å². The Morgan fingerprint density at radius 2 is 1.42 bits per heavy atom. The third-order valence-electron chi connectivity index (χ3n) is 6.86. The third kappa shape index (κ3) is 6.74. The van der Waals surface area contributed by atoms with E-state index in [9.17, 15) is 8.42 Å². The molecule has 0 bridgehead atoms. The zero-order chi connectivity index (χ0) is 26.5. The average molecular weight is 571 g/mol. The van der Waals surface area contributed by atoms with Crippen LogP contribution in [0.5, 0.6) is 0 Å². The number of benzene rings is 3. The Morgan fingerprint density at radius 3 is 2.13 bits per heavy atom. The monoisotopic (exact) mass is 569 g/mol. The smallest absolute Gasteiger partial charge is 0.240 e. The summed E-state index contributed by atoms with van der Waals surface area (Å²) in [6.45, 7) is 1.16. The molecule has 0 spiro atoms. The molecular formula is C28H29Cl2N5O2S. The lowest BCUT2D eigenvalue weighted by atomic mass is 9.82. The van der Waals surface area contributed by atoms with E-state index in [4.69, 9.17) is 33.2 Å². The minimum atomic E-state index is -3.66. The van der Waals surface area contributed by atoms with Gasteiger partial charge in [-0.2, -0.15) is 4.98 Å². The van der Waals surface area contributed by atoms with Gasteiger partial charge in [0.05, 0.1) is 10.4 Å². The van der Waals surface area contributed by atoms with Crippen LogP contribution < -0.4 is 15.4 Å². The number of para-hydroxylation sites is 2. The first-order valence-corrected chi connectivity index (χ1v) is 14.9. The summed E-state index contributed by atoms with van der Waals surface area (Å²) in [6, 6.07) is 22.3. The van der Waals surface area contributed by atoms with Gasteiger partial charge in [0.1, 0.15) is 5.82 Å². The number of hydrogen-bond acceptors (Lipinski definition) is 6. The van der Waals surface area contributed by atoms with Gasteiger partial charge in [-0.3, -0.25) is 0 Å². The fourth-order valence-corrected chi connectivity index (χ4v) is 6.62. The normalized spacial score (nSPS) is 17.8. The van der Waals surface area contributed by atoms with Gasteiger partial charge in [0.15, 0.2) is 0 Å². The summed E-state index contributed by atoms with van der Waals surface area (Å²) in [5.74, 6) is 2.11. The van der Waals surface area contributed by atoms with Crippen molar-refractivity contribution in [1.29, 1.82) is 0 Å². The molecule has 1 aliphatic rings. The van der Waals surface area contributed by atoms with Gasteiger partial charge in [0.2, 0.25) is 16.0 Å². The van der Waals surface area contributed by atoms with Crippen LogP contribution in [0.2, 0.25) is 10.0 Å². The summed E-state index contributed by atoms with van der Waals surface area (Å²) in [4.78, 5) is 9.57. The van der Waals surface area contributed by atoms with Crippen molar-refractivity contribution in [1.82, 2.24) is 14.7 Å². The fourth-order valence-electron chi connectivity index (χ4n) is 4.78. The average Bonchev–Trinajstić information content (AvgIpc) is 2.91. The Morgan fingerprint density at radius 1 is 0.789 bits per heavy atom. The Balaban J connectivity index is 1.16. The molecule has 0 amide bonds. The number of nitrogens with one attached hydrogen (secondary N) is 3. The summed E-state index contributed by atoms with van der Waals surface area (Å²) in [5.41, 5.74) is 1.84. The Labute approximate surface area is 233 Å². The first-order valence-electron chi connectivity index (χ1n) is 12.6. The number of fused-ring (bicyclic) bond motifs is 1. The Bertz CT molecular complexity index is 1490. The van der Waals surface area contributed by atoms with Gasteiger partial charge in [-0.05, 0) is 80.0 Å². The zero-order valence-corrected chi connectivity index (χ0v) is 23.0. The molecule has 1 heterocycles. The quantitative estimate of drug-likeness (QED) is 0.203. The second-order valence-electron chi connectivity index (χ2n) is 9.63. The van der Waals surface area contributed by atoms with E-state index >= 15 is 0 Å². The van der Waals surface area contributed by atoms with Crippen LogP contribution in [0.3, 0.4) is 0 Å². The molecule has 5 rings (SSSR count). The highest BCUT2D eigenvalue weighted by molar-refractivity contribution is 7.89. The summed E-state index contributed by atoms with van der Waals surface area (Å²) in [7, 11) is -3.66. The third-order valence-corrected chi connectivity index (χ3v) is 8.70. The van der Waals surface area contributed by atoms with E-state index in [1.807, 2.05) is 54.6 Å². The maximum atomic E-state index is 12.7. The van der Waals surface area contributed by atoms with Crippen LogP contribution in [0.1, 0.15) is 25.7 Å². The van der Waals surface area contributed by atoms with Gasteiger partial charge in [-0.25, -0.2) is 18.1 Å². The van der Waals surface area contributed by atoms with Gasteiger partial charge in [-0.1, -0.05) is 53.5 Å². The fraction of sp³-hybridized carbons (Fsp3) is 0.286. The van der Waals surface area contributed by atoms with Gasteiger partial charge < -0.3 is 10.6 Å². The minimum Gasteiger partial charge on any atom is -0.354 e. The number of nitrogens with zero attached hydrogens (tertiary/aromatic N) is 2. The first-order chi connectivity index (χ1) is 18.4. The van der Waals surface area contributed by atoms with Crippen LogP contribution >= 0.6 is 23.2 Å².